The number of hydrogen-bond donors (Lipinski definition) is 2. The number of rotatable bonds is 29. The third-order valence-corrected chi connectivity index (χ3v) is 7.55. The molecule has 0 saturated carbocycles. The Morgan fingerprint density at radius 1 is 0.450 bits per heavy atom. The molecule has 0 aromatic carbocycles. The second-order valence-electron chi connectivity index (χ2n) is 11.2. The summed E-state index contributed by atoms with van der Waals surface area (Å²) in [5, 5.41) is 19.4. The smallest absolute Gasteiger partial charge is 0.307 e. The van der Waals surface area contributed by atoms with Crippen molar-refractivity contribution in [3.8, 4) is 0 Å². The Hall–Kier alpha value is -2.10. The molecule has 0 amide bonds. The van der Waals surface area contributed by atoms with Gasteiger partial charge in [0.05, 0.1) is 11.8 Å². The molecule has 0 aliphatic heterocycles. The molecule has 0 aromatic heterocycles. The van der Waals surface area contributed by atoms with Crippen LogP contribution in [0.5, 0.6) is 0 Å². The normalized spacial score (nSPS) is 13.8. The van der Waals surface area contributed by atoms with E-state index in [-0.39, 0.29) is 0 Å². The van der Waals surface area contributed by atoms with E-state index in [1.807, 2.05) is 0 Å². The lowest BCUT2D eigenvalue weighted by Crippen LogP contribution is -2.30. The van der Waals surface area contributed by atoms with Crippen LogP contribution in [-0.2, 0) is 9.59 Å². The lowest BCUT2D eigenvalue weighted by molar-refractivity contribution is -0.154. The third kappa shape index (κ3) is 24.9. The Kier molecular flexibility index (Phi) is 28.3. The zero-order valence-corrected chi connectivity index (χ0v) is 26.0. The Morgan fingerprint density at radius 2 is 0.750 bits per heavy atom. The molecule has 2 atom stereocenters. The summed E-state index contributed by atoms with van der Waals surface area (Å²) in [6.45, 7) is 4.45. The maximum absolute atomic E-state index is 11.9. The van der Waals surface area contributed by atoms with E-state index in [1.54, 1.807) is 0 Å². The van der Waals surface area contributed by atoms with Crippen LogP contribution in [0.25, 0.3) is 0 Å². The highest BCUT2D eigenvalue weighted by Gasteiger charge is 2.32. The molecule has 0 saturated heterocycles. The van der Waals surface area contributed by atoms with Crippen LogP contribution in [0.3, 0.4) is 0 Å². The molecule has 230 valence electrons. The molecule has 0 radical (unpaired) electrons. The van der Waals surface area contributed by atoms with Crippen LogP contribution >= 0.6 is 0 Å². The number of carbonyl (C=O) groups is 2. The predicted octanol–water partition coefficient (Wildman–Crippen LogP) is 11.2. The summed E-state index contributed by atoms with van der Waals surface area (Å²) in [6, 6.07) is 0. The van der Waals surface area contributed by atoms with Crippen molar-refractivity contribution in [2.75, 3.05) is 0 Å². The fourth-order valence-electron chi connectivity index (χ4n) is 4.99. The number of carboxylic acid groups (broad SMARTS) is 2. The molecule has 0 spiro atoms. The average molecular weight is 559 g/mol. The van der Waals surface area contributed by atoms with E-state index < -0.39 is 23.8 Å². The highest BCUT2D eigenvalue weighted by atomic mass is 16.4. The quantitative estimate of drug-likeness (QED) is 0.0707. The molecule has 0 aromatic rings. The predicted molar refractivity (Wildman–Crippen MR) is 172 cm³/mol. The lowest BCUT2D eigenvalue weighted by atomic mass is 9.84. The molecule has 0 bridgehead atoms. The lowest BCUT2D eigenvalue weighted by Gasteiger charge is -2.20. The minimum absolute atomic E-state index is 0.461. The van der Waals surface area contributed by atoms with E-state index in [1.165, 1.54) is 51.4 Å². The first-order valence-electron chi connectivity index (χ1n) is 16.6. The van der Waals surface area contributed by atoms with Gasteiger partial charge in [-0.25, -0.2) is 0 Å². The van der Waals surface area contributed by atoms with Crippen LogP contribution in [0.4, 0.5) is 0 Å². The molecular formula is C36H62O4. The van der Waals surface area contributed by atoms with Crippen molar-refractivity contribution in [1.82, 2.24) is 0 Å². The van der Waals surface area contributed by atoms with Crippen molar-refractivity contribution in [2.24, 2.45) is 11.8 Å². The average Bonchev–Trinajstić information content (AvgIpc) is 2.93. The van der Waals surface area contributed by atoms with Crippen LogP contribution in [0.15, 0.2) is 48.6 Å². The zero-order valence-electron chi connectivity index (χ0n) is 26.0. The van der Waals surface area contributed by atoms with Gasteiger partial charge < -0.3 is 10.2 Å². The van der Waals surface area contributed by atoms with E-state index in [9.17, 15) is 19.8 Å². The van der Waals surface area contributed by atoms with Gasteiger partial charge in [0.1, 0.15) is 0 Å². The maximum Gasteiger partial charge on any atom is 0.307 e. The summed E-state index contributed by atoms with van der Waals surface area (Å²) in [5.41, 5.74) is 0. The first-order chi connectivity index (χ1) is 19.5. The highest BCUT2D eigenvalue weighted by Crippen LogP contribution is 2.26. The van der Waals surface area contributed by atoms with Crippen LogP contribution in [-0.4, -0.2) is 22.2 Å². The molecular weight excluding hydrogens is 496 g/mol. The monoisotopic (exact) mass is 558 g/mol. The number of hydrogen-bond acceptors (Lipinski definition) is 2. The Labute approximate surface area is 247 Å². The zero-order chi connectivity index (χ0) is 29.5. The molecule has 2 N–H and O–H groups in total. The van der Waals surface area contributed by atoms with Crippen molar-refractivity contribution >= 4 is 11.9 Å². The number of unbranched alkanes of at least 4 members (excludes halogenated alkanes) is 14. The number of allylic oxidation sites excluding steroid dienone is 8. The van der Waals surface area contributed by atoms with Crippen LogP contribution in [0, 0.1) is 11.8 Å². The van der Waals surface area contributed by atoms with Gasteiger partial charge >= 0.3 is 11.9 Å². The largest absolute Gasteiger partial charge is 0.481 e. The molecule has 4 nitrogen and oxygen atoms in total. The van der Waals surface area contributed by atoms with Crippen molar-refractivity contribution in [2.45, 2.75) is 155 Å². The number of carboxylic acids is 2. The van der Waals surface area contributed by atoms with Crippen molar-refractivity contribution in [3.05, 3.63) is 48.6 Å². The minimum Gasteiger partial charge on any atom is -0.481 e. The summed E-state index contributed by atoms with van der Waals surface area (Å²) in [7, 11) is 0. The van der Waals surface area contributed by atoms with Crippen LogP contribution in [0.1, 0.15) is 155 Å². The molecule has 40 heavy (non-hydrogen) atoms. The summed E-state index contributed by atoms with van der Waals surface area (Å²) in [6.07, 6.45) is 40.8. The molecule has 4 heteroatoms. The SMILES string of the molecule is CCCCC/C=C\C/C=C\CCCCCCC(C(=O)O)C(CCCCCC/C=C\C/C=C\CCCCC)C(=O)O. The summed E-state index contributed by atoms with van der Waals surface area (Å²) in [4.78, 5) is 23.7. The molecule has 0 fully saturated rings. The van der Waals surface area contributed by atoms with Gasteiger partial charge in [0.15, 0.2) is 0 Å². The summed E-state index contributed by atoms with van der Waals surface area (Å²) in [5.74, 6) is -3.47. The second-order valence-corrected chi connectivity index (χ2v) is 11.2. The topological polar surface area (TPSA) is 74.6 Å². The van der Waals surface area contributed by atoms with Gasteiger partial charge in [0.2, 0.25) is 0 Å². The van der Waals surface area contributed by atoms with Crippen LogP contribution in [0.2, 0.25) is 0 Å². The summed E-state index contributed by atoms with van der Waals surface area (Å²) >= 11 is 0. The molecule has 2 unspecified atom stereocenters. The summed E-state index contributed by atoms with van der Waals surface area (Å²) < 4.78 is 0. The Balaban J connectivity index is 4.02. The second kappa shape index (κ2) is 29.9. The molecule has 0 aliphatic carbocycles. The van der Waals surface area contributed by atoms with Gasteiger partial charge in [-0.2, -0.15) is 0 Å². The van der Waals surface area contributed by atoms with Gasteiger partial charge in [0.25, 0.3) is 0 Å². The standard InChI is InChI=1S/C36H62O4/c1-3-5-7-9-11-13-15-17-19-21-23-25-27-29-31-33(35(37)38)34(36(39)40)32-30-28-26-24-22-20-18-16-14-12-10-8-6-4-2/h11-14,17-20,33-34H,3-10,15-16,21-32H2,1-2H3,(H,37,38)(H,39,40)/b13-11-,14-12-,19-17-,20-18-. The fourth-order valence-corrected chi connectivity index (χ4v) is 4.99. The van der Waals surface area contributed by atoms with Gasteiger partial charge in [-0.15, -0.1) is 0 Å². The highest BCUT2D eigenvalue weighted by molar-refractivity contribution is 5.79. The van der Waals surface area contributed by atoms with E-state index in [2.05, 4.69) is 62.5 Å². The molecule has 0 aliphatic rings. The van der Waals surface area contributed by atoms with E-state index in [0.29, 0.717) is 12.8 Å². The minimum atomic E-state index is -0.956. The van der Waals surface area contributed by atoms with E-state index >= 15 is 0 Å². The van der Waals surface area contributed by atoms with Crippen molar-refractivity contribution in [1.29, 1.82) is 0 Å². The van der Waals surface area contributed by atoms with Crippen LogP contribution < -0.4 is 0 Å². The maximum atomic E-state index is 11.9. The van der Waals surface area contributed by atoms with Gasteiger partial charge in [-0.05, 0) is 77.0 Å². The van der Waals surface area contributed by atoms with Gasteiger partial charge in [-0.1, -0.05) is 127 Å². The van der Waals surface area contributed by atoms with E-state index in [0.717, 1.165) is 77.0 Å². The number of aliphatic carboxylic acids is 2. The Morgan fingerprint density at radius 3 is 1.05 bits per heavy atom. The van der Waals surface area contributed by atoms with E-state index in [4.69, 9.17) is 0 Å². The van der Waals surface area contributed by atoms with Gasteiger partial charge in [-0.3, -0.25) is 9.59 Å². The fraction of sp³-hybridized carbons (Fsp3) is 0.722. The molecule has 0 rings (SSSR count). The van der Waals surface area contributed by atoms with Crippen molar-refractivity contribution < 1.29 is 19.8 Å². The van der Waals surface area contributed by atoms with Crippen molar-refractivity contribution in [3.63, 3.8) is 0 Å². The first-order valence-corrected chi connectivity index (χ1v) is 16.6. The first kappa shape index (κ1) is 37.9. The molecule has 0 heterocycles. The Bertz CT molecular complexity index is 644. The third-order valence-electron chi connectivity index (χ3n) is 7.55. The van der Waals surface area contributed by atoms with Gasteiger partial charge in [0, 0.05) is 0 Å².